The molecule has 1 saturated heterocycles. The molecule has 1 aliphatic heterocycles. The van der Waals surface area contributed by atoms with Gasteiger partial charge in [-0.25, -0.2) is 0 Å². The average Bonchev–Trinajstić information content (AvgIpc) is 2.68. The Kier molecular flexibility index (Phi) is 5.46. The minimum atomic E-state index is 0.0572. The molecular formula is C20H22N2O3. The SMILES string of the molecule is COc1ccc(C(=O)CN2CCN(C(=O)c3ccccc3)CC2)cc1. The second-order valence-corrected chi connectivity index (χ2v) is 6.09. The number of Topliss-reactive ketones (excluding diaryl/α,β-unsaturated/α-hetero) is 1. The summed E-state index contributed by atoms with van der Waals surface area (Å²) in [4.78, 5) is 28.8. The zero-order chi connectivity index (χ0) is 17.6. The number of hydrogen-bond donors (Lipinski definition) is 0. The summed E-state index contributed by atoms with van der Waals surface area (Å²) >= 11 is 0. The maximum Gasteiger partial charge on any atom is 0.253 e. The van der Waals surface area contributed by atoms with Crippen molar-refractivity contribution in [2.45, 2.75) is 0 Å². The molecule has 1 amide bonds. The molecule has 25 heavy (non-hydrogen) atoms. The normalized spacial score (nSPS) is 15.0. The molecule has 2 aromatic rings. The first-order valence-corrected chi connectivity index (χ1v) is 8.41. The van der Waals surface area contributed by atoms with E-state index in [4.69, 9.17) is 4.74 Å². The van der Waals surface area contributed by atoms with Crippen LogP contribution in [-0.4, -0.2) is 61.3 Å². The molecule has 0 spiro atoms. The Bertz CT molecular complexity index is 720. The number of nitrogens with zero attached hydrogens (tertiary/aromatic N) is 2. The lowest BCUT2D eigenvalue weighted by molar-refractivity contribution is 0.0624. The molecule has 0 radical (unpaired) electrons. The van der Waals surface area contributed by atoms with Gasteiger partial charge in [-0.15, -0.1) is 0 Å². The summed E-state index contributed by atoms with van der Waals surface area (Å²) in [5.41, 5.74) is 1.40. The predicted octanol–water partition coefficient (Wildman–Crippen LogP) is 2.34. The minimum absolute atomic E-state index is 0.0572. The zero-order valence-corrected chi connectivity index (χ0v) is 14.4. The maximum atomic E-state index is 12.4. The lowest BCUT2D eigenvalue weighted by Gasteiger charge is -2.34. The minimum Gasteiger partial charge on any atom is -0.497 e. The smallest absolute Gasteiger partial charge is 0.253 e. The van der Waals surface area contributed by atoms with Crippen LogP contribution >= 0.6 is 0 Å². The molecule has 5 nitrogen and oxygen atoms in total. The quantitative estimate of drug-likeness (QED) is 0.785. The highest BCUT2D eigenvalue weighted by Gasteiger charge is 2.23. The number of piperazine rings is 1. The van der Waals surface area contributed by atoms with E-state index in [9.17, 15) is 9.59 Å². The van der Waals surface area contributed by atoms with Crippen LogP contribution in [0.4, 0.5) is 0 Å². The lowest BCUT2D eigenvalue weighted by atomic mass is 10.1. The van der Waals surface area contributed by atoms with Gasteiger partial charge in [0.15, 0.2) is 5.78 Å². The van der Waals surface area contributed by atoms with E-state index >= 15 is 0 Å². The van der Waals surface area contributed by atoms with Gasteiger partial charge >= 0.3 is 0 Å². The summed E-state index contributed by atoms with van der Waals surface area (Å²) < 4.78 is 5.11. The summed E-state index contributed by atoms with van der Waals surface area (Å²) in [5.74, 6) is 0.886. The molecule has 0 aromatic heterocycles. The van der Waals surface area contributed by atoms with E-state index in [0.717, 1.165) is 5.75 Å². The molecule has 2 aromatic carbocycles. The van der Waals surface area contributed by atoms with Crippen molar-refractivity contribution < 1.29 is 14.3 Å². The molecule has 0 unspecified atom stereocenters. The van der Waals surface area contributed by atoms with Crippen LogP contribution < -0.4 is 4.74 Å². The first-order valence-electron chi connectivity index (χ1n) is 8.41. The van der Waals surface area contributed by atoms with Crippen molar-refractivity contribution in [3.05, 3.63) is 65.7 Å². The van der Waals surface area contributed by atoms with Crippen molar-refractivity contribution in [1.82, 2.24) is 9.80 Å². The van der Waals surface area contributed by atoms with Crippen LogP contribution in [0, 0.1) is 0 Å². The van der Waals surface area contributed by atoms with Crippen LogP contribution in [-0.2, 0) is 0 Å². The molecule has 5 heteroatoms. The standard InChI is InChI=1S/C20H22N2O3/c1-25-18-9-7-16(8-10-18)19(23)15-21-11-13-22(14-12-21)20(24)17-5-3-2-4-6-17/h2-10H,11-15H2,1H3. The Morgan fingerprint density at radius 1 is 0.880 bits per heavy atom. The van der Waals surface area contributed by atoms with Gasteiger partial charge in [-0.1, -0.05) is 18.2 Å². The average molecular weight is 338 g/mol. The first kappa shape index (κ1) is 17.2. The van der Waals surface area contributed by atoms with Gasteiger partial charge in [0.05, 0.1) is 13.7 Å². The van der Waals surface area contributed by atoms with Crippen molar-refractivity contribution in [3.63, 3.8) is 0 Å². The summed E-state index contributed by atoms with van der Waals surface area (Å²) in [7, 11) is 1.60. The molecular weight excluding hydrogens is 316 g/mol. The predicted molar refractivity (Wildman–Crippen MR) is 96.1 cm³/mol. The van der Waals surface area contributed by atoms with Gasteiger partial charge in [0.1, 0.15) is 5.75 Å². The summed E-state index contributed by atoms with van der Waals surface area (Å²) in [6.45, 7) is 3.08. The third-order valence-electron chi connectivity index (χ3n) is 4.46. The number of ether oxygens (including phenoxy) is 1. The van der Waals surface area contributed by atoms with Crippen LogP contribution in [0.25, 0.3) is 0 Å². The van der Waals surface area contributed by atoms with Crippen LogP contribution in [0.3, 0.4) is 0 Å². The van der Waals surface area contributed by atoms with E-state index in [-0.39, 0.29) is 11.7 Å². The van der Waals surface area contributed by atoms with Crippen molar-refractivity contribution in [2.75, 3.05) is 39.8 Å². The Morgan fingerprint density at radius 2 is 1.52 bits per heavy atom. The topological polar surface area (TPSA) is 49.9 Å². The lowest BCUT2D eigenvalue weighted by Crippen LogP contribution is -2.49. The zero-order valence-electron chi connectivity index (χ0n) is 14.4. The first-order chi connectivity index (χ1) is 12.2. The summed E-state index contributed by atoms with van der Waals surface area (Å²) in [5, 5.41) is 0. The van der Waals surface area contributed by atoms with Gasteiger partial charge in [0, 0.05) is 37.3 Å². The monoisotopic (exact) mass is 338 g/mol. The second-order valence-electron chi connectivity index (χ2n) is 6.09. The number of hydrogen-bond acceptors (Lipinski definition) is 4. The molecule has 1 fully saturated rings. The Balaban J connectivity index is 1.52. The van der Waals surface area contributed by atoms with Crippen molar-refractivity contribution in [1.29, 1.82) is 0 Å². The van der Waals surface area contributed by atoms with Gasteiger partial charge in [0.25, 0.3) is 5.91 Å². The molecule has 0 N–H and O–H groups in total. The third-order valence-corrected chi connectivity index (χ3v) is 4.46. The van der Waals surface area contributed by atoms with E-state index in [1.54, 1.807) is 31.4 Å². The number of amides is 1. The van der Waals surface area contributed by atoms with Crippen molar-refractivity contribution >= 4 is 11.7 Å². The fourth-order valence-electron chi connectivity index (χ4n) is 2.94. The van der Waals surface area contributed by atoms with Crippen molar-refractivity contribution in [3.8, 4) is 5.75 Å². The van der Waals surface area contributed by atoms with Gasteiger partial charge in [-0.3, -0.25) is 14.5 Å². The number of carbonyl (C=O) groups is 2. The molecule has 1 heterocycles. The molecule has 1 aliphatic rings. The van der Waals surface area contributed by atoms with Crippen LogP contribution in [0.2, 0.25) is 0 Å². The van der Waals surface area contributed by atoms with E-state index in [1.807, 2.05) is 35.2 Å². The number of ketones is 1. The van der Waals surface area contributed by atoms with E-state index in [2.05, 4.69) is 4.90 Å². The van der Waals surface area contributed by atoms with Crippen molar-refractivity contribution in [2.24, 2.45) is 0 Å². The molecule has 0 saturated carbocycles. The van der Waals surface area contributed by atoms with E-state index in [0.29, 0.717) is 43.9 Å². The van der Waals surface area contributed by atoms with Crippen LogP contribution in [0.1, 0.15) is 20.7 Å². The number of carbonyl (C=O) groups excluding carboxylic acids is 2. The van der Waals surface area contributed by atoms with Gasteiger partial charge in [0.2, 0.25) is 0 Å². The number of rotatable bonds is 5. The highest BCUT2D eigenvalue weighted by atomic mass is 16.5. The summed E-state index contributed by atoms with van der Waals surface area (Å²) in [6.07, 6.45) is 0. The highest BCUT2D eigenvalue weighted by Crippen LogP contribution is 2.13. The Labute approximate surface area is 147 Å². The highest BCUT2D eigenvalue weighted by molar-refractivity contribution is 5.97. The number of benzene rings is 2. The number of methoxy groups -OCH3 is 1. The van der Waals surface area contributed by atoms with E-state index < -0.39 is 0 Å². The third kappa shape index (κ3) is 4.25. The summed E-state index contributed by atoms with van der Waals surface area (Å²) in [6, 6.07) is 16.5. The molecule has 0 bridgehead atoms. The molecule has 0 aliphatic carbocycles. The van der Waals surface area contributed by atoms with Gasteiger partial charge in [-0.2, -0.15) is 0 Å². The second kappa shape index (κ2) is 7.94. The van der Waals surface area contributed by atoms with Gasteiger partial charge in [-0.05, 0) is 36.4 Å². The van der Waals surface area contributed by atoms with Crippen LogP contribution in [0.5, 0.6) is 5.75 Å². The van der Waals surface area contributed by atoms with Gasteiger partial charge < -0.3 is 9.64 Å². The Hall–Kier alpha value is -2.66. The Morgan fingerprint density at radius 3 is 2.12 bits per heavy atom. The fraction of sp³-hybridized carbons (Fsp3) is 0.300. The largest absolute Gasteiger partial charge is 0.497 e. The maximum absolute atomic E-state index is 12.4. The fourth-order valence-corrected chi connectivity index (χ4v) is 2.94. The molecule has 130 valence electrons. The van der Waals surface area contributed by atoms with E-state index in [1.165, 1.54) is 0 Å². The molecule has 3 rings (SSSR count). The molecule has 0 atom stereocenters. The van der Waals surface area contributed by atoms with Crippen LogP contribution in [0.15, 0.2) is 54.6 Å².